The van der Waals surface area contributed by atoms with Crippen molar-refractivity contribution in [3.8, 4) is 6.07 Å². The Morgan fingerprint density at radius 1 is 1.50 bits per heavy atom. The summed E-state index contributed by atoms with van der Waals surface area (Å²) >= 11 is 3.26. The van der Waals surface area contributed by atoms with Crippen LogP contribution >= 0.6 is 15.9 Å². The molecule has 0 saturated heterocycles. The van der Waals surface area contributed by atoms with E-state index in [1.165, 1.54) is 0 Å². The van der Waals surface area contributed by atoms with E-state index >= 15 is 0 Å². The number of H-pyrrole nitrogens is 1. The van der Waals surface area contributed by atoms with Gasteiger partial charge in [0.2, 0.25) is 11.1 Å². The van der Waals surface area contributed by atoms with E-state index in [1.807, 2.05) is 0 Å². The highest BCUT2D eigenvalue weighted by molar-refractivity contribution is 9.10. The number of nitriles is 1. The van der Waals surface area contributed by atoms with E-state index in [-0.39, 0.29) is 11.1 Å². The normalized spacial score (nSPS) is 10.0. The zero-order chi connectivity index (χ0) is 10.1. The summed E-state index contributed by atoms with van der Waals surface area (Å²) in [7, 11) is 0. The molecule has 0 spiro atoms. The van der Waals surface area contributed by atoms with Crippen molar-refractivity contribution in [1.29, 1.82) is 5.26 Å². The maximum atomic E-state index is 11.6. The van der Waals surface area contributed by atoms with Crippen LogP contribution in [0.1, 0.15) is 5.69 Å². The van der Waals surface area contributed by atoms with E-state index in [1.54, 1.807) is 24.3 Å². The van der Waals surface area contributed by atoms with Gasteiger partial charge in [0.15, 0.2) is 0 Å². The number of hydrogen-bond donors (Lipinski definition) is 1. The maximum Gasteiger partial charge on any atom is 0.226 e. The number of aromatic amines is 1. The molecule has 2 aromatic rings. The molecule has 1 aromatic carbocycles. The summed E-state index contributed by atoms with van der Waals surface area (Å²) in [5.41, 5.74) is 0.162. The summed E-state index contributed by atoms with van der Waals surface area (Å²) in [5.74, 6) is 0. The van der Waals surface area contributed by atoms with Crippen LogP contribution in [0.2, 0.25) is 0 Å². The number of nitrogens with zero attached hydrogens (tertiary/aromatic N) is 2. The van der Waals surface area contributed by atoms with Gasteiger partial charge in [0.05, 0.1) is 10.9 Å². The van der Waals surface area contributed by atoms with Gasteiger partial charge in [0, 0.05) is 4.47 Å². The SMILES string of the molecule is N#Cc1n[nH]c2ccc(Br)cc2c1=O. The molecule has 0 saturated carbocycles. The lowest BCUT2D eigenvalue weighted by Gasteiger charge is -1.97. The molecule has 0 radical (unpaired) electrons. The van der Waals surface area contributed by atoms with Gasteiger partial charge in [0.1, 0.15) is 6.07 Å². The van der Waals surface area contributed by atoms with Crippen molar-refractivity contribution in [2.24, 2.45) is 0 Å². The minimum Gasteiger partial charge on any atom is -0.286 e. The Morgan fingerprint density at radius 2 is 2.29 bits per heavy atom. The van der Waals surface area contributed by atoms with E-state index in [2.05, 4.69) is 26.1 Å². The fourth-order valence-corrected chi connectivity index (χ4v) is 1.53. The van der Waals surface area contributed by atoms with E-state index in [9.17, 15) is 4.79 Å². The van der Waals surface area contributed by atoms with Crippen LogP contribution in [0.3, 0.4) is 0 Å². The van der Waals surface area contributed by atoms with Crippen molar-refractivity contribution >= 4 is 26.8 Å². The van der Waals surface area contributed by atoms with Gasteiger partial charge in [0.25, 0.3) is 0 Å². The second kappa shape index (κ2) is 3.24. The van der Waals surface area contributed by atoms with E-state index in [4.69, 9.17) is 5.26 Å². The number of benzene rings is 1. The monoisotopic (exact) mass is 249 g/mol. The van der Waals surface area contributed by atoms with Crippen LogP contribution in [0, 0.1) is 11.3 Å². The van der Waals surface area contributed by atoms with Gasteiger partial charge in [-0.2, -0.15) is 10.4 Å². The topological polar surface area (TPSA) is 69.5 Å². The van der Waals surface area contributed by atoms with Gasteiger partial charge in [-0.05, 0) is 18.2 Å². The summed E-state index contributed by atoms with van der Waals surface area (Å²) < 4.78 is 0.797. The Labute approximate surface area is 87.3 Å². The van der Waals surface area contributed by atoms with Gasteiger partial charge < -0.3 is 0 Å². The number of hydrogen-bond acceptors (Lipinski definition) is 3. The summed E-state index contributed by atoms with van der Waals surface area (Å²) in [6.07, 6.45) is 0. The van der Waals surface area contributed by atoms with Crippen LogP contribution in [-0.4, -0.2) is 10.2 Å². The fraction of sp³-hybridized carbons (Fsp3) is 0. The second-order valence-electron chi connectivity index (χ2n) is 2.70. The molecule has 1 aromatic heterocycles. The molecular formula is C9H4BrN3O. The minimum absolute atomic E-state index is 0.115. The molecule has 0 bridgehead atoms. The fourth-order valence-electron chi connectivity index (χ4n) is 1.17. The largest absolute Gasteiger partial charge is 0.286 e. The number of rotatable bonds is 0. The number of halogens is 1. The highest BCUT2D eigenvalue weighted by atomic mass is 79.9. The van der Waals surface area contributed by atoms with Gasteiger partial charge in [-0.15, -0.1) is 0 Å². The summed E-state index contributed by atoms with van der Waals surface area (Å²) in [6, 6.07) is 6.93. The average molecular weight is 250 g/mol. The predicted molar refractivity (Wildman–Crippen MR) is 54.8 cm³/mol. The zero-order valence-electron chi connectivity index (χ0n) is 6.91. The van der Waals surface area contributed by atoms with Crippen LogP contribution < -0.4 is 5.43 Å². The standard InChI is InChI=1S/C9H4BrN3O/c10-5-1-2-7-6(3-5)9(14)8(4-11)13-12-7/h1-3H,(H,12,14). The van der Waals surface area contributed by atoms with Crippen molar-refractivity contribution < 1.29 is 0 Å². The molecule has 14 heavy (non-hydrogen) atoms. The summed E-state index contributed by atoms with van der Waals surface area (Å²) in [5, 5.41) is 15.4. The molecule has 68 valence electrons. The van der Waals surface area contributed by atoms with Crippen LogP contribution in [0.15, 0.2) is 27.5 Å². The number of nitrogens with one attached hydrogen (secondary N) is 1. The minimum atomic E-state index is -0.345. The van der Waals surface area contributed by atoms with Crippen LogP contribution in [0.4, 0.5) is 0 Å². The molecule has 0 unspecified atom stereocenters. The molecule has 0 aliphatic heterocycles. The molecule has 0 aliphatic rings. The van der Waals surface area contributed by atoms with E-state index in [0.717, 1.165) is 4.47 Å². The van der Waals surface area contributed by atoms with E-state index in [0.29, 0.717) is 10.9 Å². The maximum absolute atomic E-state index is 11.6. The molecule has 4 nitrogen and oxygen atoms in total. The third-order valence-electron chi connectivity index (χ3n) is 1.84. The Morgan fingerprint density at radius 3 is 3.00 bits per heavy atom. The highest BCUT2D eigenvalue weighted by Gasteiger charge is 2.05. The van der Waals surface area contributed by atoms with Crippen molar-refractivity contribution in [3.63, 3.8) is 0 Å². The first-order valence-electron chi connectivity index (χ1n) is 3.80. The Hall–Kier alpha value is -1.67. The first-order chi connectivity index (χ1) is 6.72. The Kier molecular flexibility index (Phi) is 2.06. The third kappa shape index (κ3) is 1.30. The first kappa shape index (κ1) is 8.91. The van der Waals surface area contributed by atoms with Crippen molar-refractivity contribution in [3.05, 3.63) is 38.6 Å². The zero-order valence-corrected chi connectivity index (χ0v) is 8.50. The number of fused-ring (bicyclic) bond motifs is 1. The van der Waals surface area contributed by atoms with Gasteiger partial charge in [-0.1, -0.05) is 15.9 Å². The van der Waals surface area contributed by atoms with Crippen LogP contribution in [-0.2, 0) is 0 Å². The van der Waals surface area contributed by atoms with Crippen molar-refractivity contribution in [2.75, 3.05) is 0 Å². The molecule has 0 fully saturated rings. The third-order valence-corrected chi connectivity index (χ3v) is 2.33. The van der Waals surface area contributed by atoms with Gasteiger partial charge in [-0.25, -0.2) is 0 Å². The van der Waals surface area contributed by atoms with Crippen molar-refractivity contribution in [1.82, 2.24) is 10.2 Å². The van der Waals surface area contributed by atoms with Crippen LogP contribution in [0.25, 0.3) is 10.9 Å². The molecule has 0 amide bonds. The van der Waals surface area contributed by atoms with Gasteiger partial charge in [-0.3, -0.25) is 9.89 Å². The van der Waals surface area contributed by atoms with Crippen molar-refractivity contribution in [2.45, 2.75) is 0 Å². The van der Waals surface area contributed by atoms with Crippen LogP contribution in [0.5, 0.6) is 0 Å². The number of aromatic nitrogens is 2. The second-order valence-corrected chi connectivity index (χ2v) is 3.62. The Balaban J connectivity index is 2.96. The molecular weight excluding hydrogens is 246 g/mol. The lowest BCUT2D eigenvalue weighted by Crippen LogP contribution is -2.10. The lowest BCUT2D eigenvalue weighted by atomic mass is 10.2. The smallest absolute Gasteiger partial charge is 0.226 e. The van der Waals surface area contributed by atoms with E-state index < -0.39 is 0 Å². The Bertz CT molecular complexity index is 597. The molecule has 2 rings (SSSR count). The molecule has 1 heterocycles. The first-order valence-corrected chi connectivity index (χ1v) is 4.59. The summed E-state index contributed by atoms with van der Waals surface area (Å²) in [4.78, 5) is 11.6. The van der Waals surface area contributed by atoms with Gasteiger partial charge >= 0.3 is 0 Å². The molecule has 0 aliphatic carbocycles. The summed E-state index contributed by atoms with van der Waals surface area (Å²) in [6.45, 7) is 0. The molecule has 1 N–H and O–H groups in total. The lowest BCUT2D eigenvalue weighted by molar-refractivity contribution is 1.04. The molecule has 0 atom stereocenters. The highest BCUT2D eigenvalue weighted by Crippen LogP contribution is 2.14. The molecule has 5 heteroatoms. The quantitative estimate of drug-likeness (QED) is 0.771. The predicted octanol–water partition coefficient (Wildman–Crippen LogP) is 1.56. The average Bonchev–Trinajstić information content (AvgIpc) is 2.20.